The predicted molar refractivity (Wildman–Crippen MR) is 115 cm³/mol. The van der Waals surface area contributed by atoms with Crippen LogP contribution in [0.3, 0.4) is 0 Å². The molecule has 1 atom stereocenters. The van der Waals surface area contributed by atoms with E-state index in [1.54, 1.807) is 12.0 Å². The highest BCUT2D eigenvalue weighted by Gasteiger charge is 2.34. The normalized spacial score (nSPS) is 19.1. The largest absolute Gasteiger partial charge is 0.497 e. The van der Waals surface area contributed by atoms with Crippen LogP contribution in [0.2, 0.25) is 0 Å². The van der Waals surface area contributed by atoms with Gasteiger partial charge in [0.1, 0.15) is 5.75 Å². The molecule has 0 bridgehead atoms. The lowest BCUT2D eigenvalue weighted by molar-refractivity contribution is -0.128. The van der Waals surface area contributed by atoms with E-state index in [0.717, 1.165) is 35.8 Å². The number of nitrogens with one attached hydrogen (secondary N) is 1. The Morgan fingerprint density at radius 1 is 1.13 bits per heavy atom. The second-order valence-corrected chi connectivity index (χ2v) is 7.63. The molecule has 0 saturated carbocycles. The summed E-state index contributed by atoms with van der Waals surface area (Å²) in [6, 6.07) is 15.4. The minimum Gasteiger partial charge on any atom is -0.497 e. The molecular weight excluding hydrogens is 382 g/mol. The van der Waals surface area contributed by atoms with Gasteiger partial charge in [-0.3, -0.25) is 9.59 Å². The van der Waals surface area contributed by atoms with Crippen molar-refractivity contribution < 1.29 is 19.1 Å². The second kappa shape index (κ2) is 9.17. The predicted octanol–water partition coefficient (Wildman–Crippen LogP) is 2.52. The van der Waals surface area contributed by atoms with Gasteiger partial charge in [-0.2, -0.15) is 0 Å². The summed E-state index contributed by atoms with van der Waals surface area (Å²) in [5.41, 5.74) is 2.79. The highest BCUT2D eigenvalue weighted by molar-refractivity contribution is 5.99. The average molecular weight is 409 g/mol. The summed E-state index contributed by atoms with van der Waals surface area (Å²) in [5.74, 6) is 0.324. The fourth-order valence-electron chi connectivity index (χ4n) is 3.95. The lowest BCUT2D eigenvalue weighted by Crippen LogP contribution is -2.37. The van der Waals surface area contributed by atoms with Gasteiger partial charge in [-0.15, -0.1) is 0 Å². The standard InChI is InChI=1S/C23H27N3O4/c1-29-19-8-6-17(7-9-19)15-26-16-18(14-22(26)27)23(28)24-20-4-2-3-5-21(20)25-10-12-30-13-11-25/h2-9,18H,10-16H2,1H3,(H,24,28). The third-order valence-electron chi connectivity index (χ3n) is 5.63. The average Bonchev–Trinajstić information content (AvgIpc) is 3.15. The molecule has 1 unspecified atom stereocenters. The maximum Gasteiger partial charge on any atom is 0.229 e. The van der Waals surface area contributed by atoms with E-state index in [-0.39, 0.29) is 24.2 Å². The third kappa shape index (κ3) is 4.57. The maximum absolute atomic E-state index is 12.9. The molecule has 2 aromatic rings. The van der Waals surface area contributed by atoms with Gasteiger partial charge in [-0.1, -0.05) is 24.3 Å². The van der Waals surface area contributed by atoms with Crippen LogP contribution in [0.4, 0.5) is 11.4 Å². The Bertz CT molecular complexity index is 894. The first kappa shape index (κ1) is 20.2. The molecule has 0 radical (unpaired) electrons. The molecule has 7 nitrogen and oxygen atoms in total. The number of hydrogen-bond donors (Lipinski definition) is 1. The first-order chi connectivity index (χ1) is 14.6. The van der Waals surface area contributed by atoms with Gasteiger partial charge < -0.3 is 24.6 Å². The molecule has 2 heterocycles. The third-order valence-corrected chi connectivity index (χ3v) is 5.63. The van der Waals surface area contributed by atoms with Crippen molar-refractivity contribution in [2.75, 3.05) is 50.2 Å². The van der Waals surface area contributed by atoms with E-state index in [9.17, 15) is 9.59 Å². The fourth-order valence-corrected chi connectivity index (χ4v) is 3.95. The van der Waals surface area contributed by atoms with Gasteiger partial charge in [-0.25, -0.2) is 0 Å². The summed E-state index contributed by atoms with van der Waals surface area (Å²) in [4.78, 5) is 29.4. The van der Waals surface area contributed by atoms with Crippen molar-refractivity contribution in [2.45, 2.75) is 13.0 Å². The molecule has 0 spiro atoms. The van der Waals surface area contributed by atoms with E-state index in [4.69, 9.17) is 9.47 Å². The highest BCUT2D eigenvalue weighted by atomic mass is 16.5. The van der Waals surface area contributed by atoms with E-state index in [1.165, 1.54) is 0 Å². The van der Waals surface area contributed by atoms with Crippen molar-refractivity contribution >= 4 is 23.2 Å². The quantitative estimate of drug-likeness (QED) is 0.794. The number of rotatable bonds is 6. The molecule has 0 aromatic heterocycles. The number of carbonyl (C=O) groups is 2. The molecule has 2 saturated heterocycles. The number of nitrogens with zero attached hydrogens (tertiary/aromatic N) is 2. The second-order valence-electron chi connectivity index (χ2n) is 7.63. The highest BCUT2D eigenvalue weighted by Crippen LogP contribution is 2.28. The van der Waals surface area contributed by atoms with Crippen molar-refractivity contribution in [3.05, 3.63) is 54.1 Å². The van der Waals surface area contributed by atoms with Crippen LogP contribution in [-0.2, 0) is 20.9 Å². The molecular formula is C23H27N3O4. The Balaban J connectivity index is 1.39. The van der Waals surface area contributed by atoms with E-state index >= 15 is 0 Å². The number of ether oxygens (including phenoxy) is 2. The van der Waals surface area contributed by atoms with E-state index in [2.05, 4.69) is 10.2 Å². The zero-order chi connectivity index (χ0) is 20.9. The van der Waals surface area contributed by atoms with Crippen LogP contribution in [0.5, 0.6) is 5.75 Å². The molecule has 2 aliphatic heterocycles. The first-order valence-electron chi connectivity index (χ1n) is 10.3. The van der Waals surface area contributed by atoms with Crippen LogP contribution in [-0.4, -0.2) is 56.7 Å². The molecule has 7 heteroatoms. The number of anilines is 2. The van der Waals surface area contributed by atoms with Crippen molar-refractivity contribution in [3.63, 3.8) is 0 Å². The molecule has 30 heavy (non-hydrogen) atoms. The summed E-state index contributed by atoms with van der Waals surface area (Å²) in [5, 5.41) is 3.05. The monoisotopic (exact) mass is 409 g/mol. The van der Waals surface area contributed by atoms with Gasteiger partial charge >= 0.3 is 0 Å². The smallest absolute Gasteiger partial charge is 0.229 e. The minimum atomic E-state index is -0.353. The summed E-state index contributed by atoms with van der Waals surface area (Å²) in [6.45, 7) is 3.88. The maximum atomic E-state index is 12.9. The number of amides is 2. The van der Waals surface area contributed by atoms with Crippen LogP contribution < -0.4 is 15.0 Å². The Morgan fingerprint density at radius 3 is 2.60 bits per heavy atom. The molecule has 2 aromatic carbocycles. The SMILES string of the molecule is COc1ccc(CN2CC(C(=O)Nc3ccccc3N3CCOCC3)CC2=O)cc1. The van der Waals surface area contributed by atoms with Crippen molar-refractivity contribution in [1.82, 2.24) is 4.90 Å². The fraction of sp³-hybridized carbons (Fsp3) is 0.391. The van der Waals surface area contributed by atoms with Crippen LogP contribution in [0.1, 0.15) is 12.0 Å². The van der Waals surface area contributed by atoms with Crippen LogP contribution in [0.25, 0.3) is 0 Å². The van der Waals surface area contributed by atoms with Crippen molar-refractivity contribution in [1.29, 1.82) is 0 Å². The van der Waals surface area contributed by atoms with Gasteiger partial charge in [0, 0.05) is 32.6 Å². The molecule has 2 aliphatic rings. The van der Waals surface area contributed by atoms with Crippen molar-refractivity contribution in [2.24, 2.45) is 5.92 Å². The Hall–Kier alpha value is -3.06. The number of morpholine rings is 1. The molecule has 2 fully saturated rings. The molecule has 4 rings (SSSR count). The Morgan fingerprint density at radius 2 is 1.87 bits per heavy atom. The van der Waals surface area contributed by atoms with Gasteiger partial charge in [0.2, 0.25) is 11.8 Å². The van der Waals surface area contributed by atoms with E-state index in [1.807, 2.05) is 48.5 Å². The van der Waals surface area contributed by atoms with Gasteiger partial charge in [-0.05, 0) is 29.8 Å². The number of benzene rings is 2. The zero-order valence-corrected chi connectivity index (χ0v) is 17.2. The minimum absolute atomic E-state index is 0.00688. The lowest BCUT2D eigenvalue weighted by Gasteiger charge is -2.30. The number of carbonyl (C=O) groups excluding carboxylic acids is 2. The number of methoxy groups -OCH3 is 1. The van der Waals surface area contributed by atoms with Crippen LogP contribution in [0.15, 0.2) is 48.5 Å². The zero-order valence-electron chi connectivity index (χ0n) is 17.2. The van der Waals surface area contributed by atoms with E-state index < -0.39 is 0 Å². The van der Waals surface area contributed by atoms with Crippen LogP contribution in [0, 0.1) is 5.92 Å². The molecule has 0 aliphatic carbocycles. The van der Waals surface area contributed by atoms with Gasteiger partial charge in [0.15, 0.2) is 0 Å². The summed E-state index contributed by atoms with van der Waals surface area (Å²) in [6.07, 6.45) is 0.238. The van der Waals surface area contributed by atoms with Gasteiger partial charge in [0.25, 0.3) is 0 Å². The topological polar surface area (TPSA) is 71.1 Å². The Labute approximate surface area is 176 Å². The molecule has 2 amide bonds. The number of likely N-dealkylation sites (tertiary alicyclic amines) is 1. The summed E-state index contributed by atoms with van der Waals surface area (Å²) in [7, 11) is 1.62. The Kier molecular flexibility index (Phi) is 6.18. The number of hydrogen-bond acceptors (Lipinski definition) is 5. The van der Waals surface area contributed by atoms with E-state index in [0.29, 0.717) is 26.3 Å². The molecule has 158 valence electrons. The van der Waals surface area contributed by atoms with Gasteiger partial charge in [0.05, 0.1) is 37.6 Å². The molecule has 1 N–H and O–H groups in total. The van der Waals surface area contributed by atoms with Crippen LogP contribution >= 0.6 is 0 Å². The van der Waals surface area contributed by atoms with Crippen molar-refractivity contribution in [3.8, 4) is 5.75 Å². The summed E-state index contributed by atoms with van der Waals surface area (Å²) < 4.78 is 10.6. The first-order valence-corrected chi connectivity index (χ1v) is 10.3. The lowest BCUT2D eigenvalue weighted by atomic mass is 10.1. The summed E-state index contributed by atoms with van der Waals surface area (Å²) >= 11 is 0. The number of para-hydroxylation sites is 2.